The second-order valence-corrected chi connectivity index (χ2v) is 8.92. The predicted molar refractivity (Wildman–Crippen MR) is 110 cm³/mol. The van der Waals surface area contributed by atoms with E-state index < -0.39 is 4.92 Å². The van der Waals surface area contributed by atoms with Gasteiger partial charge in [0.05, 0.1) is 23.0 Å². The Morgan fingerprint density at radius 2 is 1.77 bits per heavy atom. The average Bonchev–Trinajstić information content (AvgIpc) is 3.39. The molecule has 8 nitrogen and oxygen atoms in total. The van der Waals surface area contributed by atoms with Crippen LogP contribution in [-0.4, -0.2) is 28.0 Å². The van der Waals surface area contributed by atoms with E-state index in [0.29, 0.717) is 28.9 Å². The molecule has 0 N–H and O–H groups in total. The third-order valence-corrected chi connectivity index (χ3v) is 7.31. The smallest absolute Gasteiger partial charge is 0.288 e. The van der Waals surface area contributed by atoms with Gasteiger partial charge in [-0.3, -0.25) is 19.7 Å². The lowest BCUT2D eigenvalue weighted by atomic mass is 9.63. The van der Waals surface area contributed by atoms with Crippen molar-refractivity contribution in [3.63, 3.8) is 0 Å². The first-order valence-electron chi connectivity index (χ1n) is 10.1. The lowest BCUT2D eigenvalue weighted by Gasteiger charge is -2.37. The summed E-state index contributed by atoms with van der Waals surface area (Å²) in [6, 6.07) is 7.63. The molecule has 3 fully saturated rings. The minimum absolute atomic E-state index is 0.0377. The Labute approximate surface area is 181 Å². The van der Waals surface area contributed by atoms with E-state index in [1.54, 1.807) is 18.2 Å². The molecule has 0 radical (unpaired) electrons. The van der Waals surface area contributed by atoms with Gasteiger partial charge in [-0.1, -0.05) is 23.8 Å². The number of rotatable bonds is 4. The number of nitro groups is 1. The van der Waals surface area contributed by atoms with Crippen LogP contribution in [0.15, 0.2) is 52.0 Å². The van der Waals surface area contributed by atoms with Crippen molar-refractivity contribution in [2.45, 2.75) is 6.42 Å². The molecule has 2 bridgehead atoms. The third-order valence-electron chi connectivity index (χ3n) is 6.99. The van der Waals surface area contributed by atoms with Gasteiger partial charge in [-0.2, -0.15) is 10.1 Å². The zero-order chi connectivity index (χ0) is 21.4. The number of nitrogens with zero attached hydrogens (tertiary/aromatic N) is 3. The molecule has 2 amide bonds. The van der Waals surface area contributed by atoms with Gasteiger partial charge in [0.25, 0.3) is 17.5 Å². The second-order valence-electron chi connectivity index (χ2n) is 8.51. The summed E-state index contributed by atoms with van der Waals surface area (Å²) in [5.41, 5.74) is 0.264. The van der Waals surface area contributed by atoms with Gasteiger partial charge in [0.2, 0.25) is 0 Å². The first kappa shape index (κ1) is 18.5. The number of hydrazone groups is 1. The Balaban J connectivity index is 1.24. The van der Waals surface area contributed by atoms with Crippen molar-refractivity contribution in [3.8, 4) is 11.3 Å². The van der Waals surface area contributed by atoms with Crippen LogP contribution in [0.4, 0.5) is 5.69 Å². The molecule has 6 atom stereocenters. The van der Waals surface area contributed by atoms with Crippen molar-refractivity contribution in [1.82, 2.24) is 5.01 Å². The number of furan rings is 1. The van der Waals surface area contributed by atoms with E-state index in [0.717, 1.165) is 11.4 Å². The van der Waals surface area contributed by atoms with Gasteiger partial charge in [0.1, 0.15) is 16.5 Å². The molecule has 1 saturated heterocycles. The lowest BCUT2D eigenvalue weighted by Crippen LogP contribution is -2.40. The number of halogens is 1. The fourth-order valence-electron chi connectivity index (χ4n) is 5.55. The van der Waals surface area contributed by atoms with E-state index in [-0.39, 0.29) is 46.2 Å². The maximum Gasteiger partial charge on any atom is 0.288 e. The third kappa shape index (κ3) is 2.64. The number of hydrogen-bond donors (Lipinski definition) is 0. The van der Waals surface area contributed by atoms with Crippen LogP contribution < -0.4 is 0 Å². The molecule has 0 unspecified atom stereocenters. The molecule has 5 aliphatic rings. The van der Waals surface area contributed by atoms with Crippen LogP contribution in [0.25, 0.3) is 11.3 Å². The van der Waals surface area contributed by atoms with Gasteiger partial charge in [0, 0.05) is 11.6 Å². The largest absolute Gasteiger partial charge is 0.455 e. The number of nitro benzene ring substituents is 1. The SMILES string of the molecule is O=C1[C@@H]2[C@H]3C=C[C@@H]([C@@H]4C[C@@H]34)[C@@H]2C(=O)N1/N=C\c1ccc(-c2ccc(Cl)c([N+](=O)[O-])c2)o1. The lowest BCUT2D eigenvalue weighted by molar-refractivity contribution is -0.384. The first-order valence-corrected chi connectivity index (χ1v) is 10.5. The highest BCUT2D eigenvalue weighted by Crippen LogP contribution is 2.65. The van der Waals surface area contributed by atoms with Crippen LogP contribution >= 0.6 is 11.6 Å². The van der Waals surface area contributed by atoms with Crippen molar-refractivity contribution >= 4 is 35.3 Å². The number of amides is 2. The molecule has 1 aromatic carbocycles. The average molecular weight is 438 g/mol. The van der Waals surface area contributed by atoms with Gasteiger partial charge in [-0.25, -0.2) is 0 Å². The summed E-state index contributed by atoms with van der Waals surface area (Å²) in [4.78, 5) is 36.4. The monoisotopic (exact) mass is 437 g/mol. The Morgan fingerprint density at radius 3 is 2.42 bits per heavy atom. The summed E-state index contributed by atoms with van der Waals surface area (Å²) in [7, 11) is 0. The topological polar surface area (TPSA) is 106 Å². The highest BCUT2D eigenvalue weighted by Gasteiger charge is 2.67. The molecule has 156 valence electrons. The normalized spacial score (nSPS) is 32.6. The molecule has 2 heterocycles. The minimum Gasteiger partial charge on any atom is -0.455 e. The van der Waals surface area contributed by atoms with Gasteiger partial charge < -0.3 is 4.42 Å². The molecule has 7 rings (SSSR count). The summed E-state index contributed by atoms with van der Waals surface area (Å²) in [6.45, 7) is 0. The molecule has 9 heteroatoms. The first-order chi connectivity index (χ1) is 14.9. The van der Waals surface area contributed by atoms with Crippen molar-refractivity contribution in [2.24, 2.45) is 40.6 Å². The molecule has 4 aliphatic carbocycles. The standard InChI is InChI=1S/C22H16ClN3O5/c23-16-5-1-10(7-17(16)26(29)30)18-6-2-11(31-18)9-24-25-21(27)19-12-3-4-13(15-8-14(12)15)20(19)22(25)28/h1-7,9,12-15,19-20H,8H2/b24-9-/t12-,13-,14-,15-,19-,20+/m0/s1. The summed E-state index contributed by atoms with van der Waals surface area (Å²) in [5, 5.41) is 16.3. The van der Waals surface area contributed by atoms with Gasteiger partial charge in [-0.15, -0.1) is 0 Å². The zero-order valence-corrected chi connectivity index (χ0v) is 16.8. The molecular formula is C22H16ClN3O5. The predicted octanol–water partition coefficient (Wildman–Crippen LogP) is 3.90. The number of carbonyl (C=O) groups excluding carboxylic acids is 2. The molecule has 2 saturated carbocycles. The quantitative estimate of drug-likeness (QED) is 0.237. The molecule has 31 heavy (non-hydrogen) atoms. The summed E-state index contributed by atoms with van der Waals surface area (Å²) in [6.07, 6.45) is 6.67. The fourth-order valence-corrected chi connectivity index (χ4v) is 5.74. The molecule has 1 aliphatic heterocycles. The fraction of sp³-hybridized carbons (Fsp3) is 0.318. The summed E-state index contributed by atoms with van der Waals surface area (Å²) in [5.74, 6) is 0.992. The number of benzene rings is 1. The van der Waals surface area contributed by atoms with Crippen LogP contribution in [-0.2, 0) is 9.59 Å². The molecular weight excluding hydrogens is 422 g/mol. The summed E-state index contributed by atoms with van der Waals surface area (Å²) < 4.78 is 5.70. The molecule has 0 spiro atoms. The van der Waals surface area contributed by atoms with Crippen molar-refractivity contribution < 1.29 is 18.9 Å². The molecule has 1 aromatic heterocycles. The van der Waals surface area contributed by atoms with Gasteiger partial charge in [0.15, 0.2) is 0 Å². The van der Waals surface area contributed by atoms with E-state index >= 15 is 0 Å². The Hall–Kier alpha value is -3.26. The molecule has 2 aromatic rings. The van der Waals surface area contributed by atoms with Crippen LogP contribution in [0.5, 0.6) is 0 Å². The van der Waals surface area contributed by atoms with E-state index in [1.165, 1.54) is 18.3 Å². The number of imide groups is 1. The van der Waals surface area contributed by atoms with Crippen molar-refractivity contribution in [2.75, 3.05) is 0 Å². The van der Waals surface area contributed by atoms with Crippen LogP contribution in [0, 0.1) is 45.6 Å². The second kappa shape index (κ2) is 6.37. The van der Waals surface area contributed by atoms with Crippen LogP contribution in [0.3, 0.4) is 0 Å². The number of allylic oxidation sites excluding steroid dienone is 2. The van der Waals surface area contributed by atoms with Crippen LogP contribution in [0.1, 0.15) is 12.2 Å². The van der Waals surface area contributed by atoms with E-state index in [9.17, 15) is 19.7 Å². The maximum atomic E-state index is 12.9. The zero-order valence-electron chi connectivity index (χ0n) is 16.1. The highest BCUT2D eigenvalue weighted by molar-refractivity contribution is 6.32. The Kier molecular flexibility index (Phi) is 3.80. The van der Waals surface area contributed by atoms with Crippen molar-refractivity contribution in [1.29, 1.82) is 0 Å². The van der Waals surface area contributed by atoms with Gasteiger partial charge in [-0.05, 0) is 54.4 Å². The van der Waals surface area contributed by atoms with Crippen LogP contribution in [0.2, 0.25) is 5.02 Å². The van der Waals surface area contributed by atoms with E-state index in [2.05, 4.69) is 17.3 Å². The maximum absolute atomic E-state index is 12.9. The van der Waals surface area contributed by atoms with Gasteiger partial charge >= 0.3 is 0 Å². The number of carbonyl (C=O) groups is 2. The Morgan fingerprint density at radius 1 is 1.10 bits per heavy atom. The number of hydrogen-bond acceptors (Lipinski definition) is 6. The van der Waals surface area contributed by atoms with E-state index in [1.807, 2.05) is 0 Å². The minimum atomic E-state index is -0.562. The van der Waals surface area contributed by atoms with E-state index in [4.69, 9.17) is 16.0 Å². The highest BCUT2D eigenvalue weighted by atomic mass is 35.5. The summed E-state index contributed by atoms with van der Waals surface area (Å²) >= 11 is 5.85. The van der Waals surface area contributed by atoms with Crippen molar-refractivity contribution in [3.05, 3.63) is 63.4 Å². The Bertz CT molecular complexity index is 1180.